The fourth-order valence-electron chi connectivity index (χ4n) is 2.75. The first-order valence-electron chi connectivity index (χ1n) is 6.86. The lowest BCUT2D eigenvalue weighted by molar-refractivity contribution is -0.148. The fourth-order valence-corrected chi connectivity index (χ4v) is 3.68. The average Bonchev–Trinajstić information content (AvgIpc) is 2.81. The van der Waals surface area contributed by atoms with Gasteiger partial charge >= 0.3 is 5.97 Å². The summed E-state index contributed by atoms with van der Waals surface area (Å²) >= 11 is 1.61. The molecule has 1 aromatic rings. The number of ether oxygens (including phenoxy) is 1. The van der Waals surface area contributed by atoms with Gasteiger partial charge in [-0.15, -0.1) is 0 Å². The summed E-state index contributed by atoms with van der Waals surface area (Å²) in [5.41, 5.74) is 6.41. The molecule has 1 aliphatic rings. The lowest BCUT2D eigenvalue weighted by Crippen LogP contribution is -2.51. The van der Waals surface area contributed by atoms with Crippen molar-refractivity contribution >= 4 is 17.7 Å². The van der Waals surface area contributed by atoms with Gasteiger partial charge in [0.25, 0.3) is 0 Å². The molecule has 1 fully saturated rings. The fraction of sp³-hybridized carbons (Fsp3) is 0.643. The molecule has 1 aliphatic carbocycles. The molecule has 5 nitrogen and oxygen atoms in total. The van der Waals surface area contributed by atoms with E-state index >= 15 is 0 Å². The second kappa shape index (κ2) is 6.54. The van der Waals surface area contributed by atoms with Crippen LogP contribution < -0.4 is 5.73 Å². The molecule has 2 N–H and O–H groups in total. The largest absolute Gasteiger partial charge is 0.468 e. The van der Waals surface area contributed by atoms with E-state index in [-0.39, 0.29) is 11.9 Å². The van der Waals surface area contributed by atoms with Gasteiger partial charge in [-0.25, -0.2) is 9.97 Å². The Balaban J connectivity index is 1.89. The topological polar surface area (TPSA) is 78.1 Å². The lowest BCUT2D eigenvalue weighted by Gasteiger charge is -2.28. The Morgan fingerprint density at radius 3 is 3.15 bits per heavy atom. The summed E-state index contributed by atoms with van der Waals surface area (Å²) in [5.74, 6) is 0.772. The van der Waals surface area contributed by atoms with E-state index in [1.807, 2.05) is 13.0 Å². The van der Waals surface area contributed by atoms with Crippen LogP contribution in [0.3, 0.4) is 0 Å². The van der Waals surface area contributed by atoms with E-state index < -0.39 is 5.54 Å². The number of aromatic nitrogens is 2. The molecule has 1 saturated carbocycles. The first kappa shape index (κ1) is 15.3. The van der Waals surface area contributed by atoms with Crippen LogP contribution in [0.2, 0.25) is 0 Å². The molecule has 2 unspecified atom stereocenters. The molecule has 20 heavy (non-hydrogen) atoms. The van der Waals surface area contributed by atoms with Crippen molar-refractivity contribution < 1.29 is 9.53 Å². The van der Waals surface area contributed by atoms with Crippen molar-refractivity contribution in [3.63, 3.8) is 0 Å². The highest BCUT2D eigenvalue weighted by Crippen LogP contribution is 2.37. The molecule has 0 spiro atoms. The van der Waals surface area contributed by atoms with Crippen LogP contribution in [-0.4, -0.2) is 34.3 Å². The standard InChI is InChI=1S/C14H21N3O2S/c1-10-5-8-16-13(17-10)20-9-6-11-4-3-7-14(11,15)12(18)19-2/h5,8,11H,3-4,6-7,9,15H2,1-2H3. The molecule has 0 aromatic carbocycles. The van der Waals surface area contributed by atoms with E-state index in [0.29, 0.717) is 0 Å². The van der Waals surface area contributed by atoms with E-state index in [2.05, 4.69) is 9.97 Å². The van der Waals surface area contributed by atoms with Crippen molar-refractivity contribution in [1.29, 1.82) is 0 Å². The zero-order chi connectivity index (χ0) is 14.6. The number of hydrogen-bond donors (Lipinski definition) is 1. The molecule has 110 valence electrons. The third-order valence-corrected chi connectivity index (χ3v) is 4.80. The molecule has 1 aromatic heterocycles. The first-order valence-corrected chi connectivity index (χ1v) is 7.84. The van der Waals surface area contributed by atoms with Crippen LogP contribution in [0.15, 0.2) is 17.4 Å². The van der Waals surface area contributed by atoms with Crippen LogP contribution in [0.5, 0.6) is 0 Å². The van der Waals surface area contributed by atoms with Gasteiger partial charge < -0.3 is 10.5 Å². The Morgan fingerprint density at radius 2 is 2.45 bits per heavy atom. The molecule has 0 aliphatic heterocycles. The number of aryl methyl sites for hydroxylation is 1. The minimum atomic E-state index is -0.803. The summed E-state index contributed by atoms with van der Waals surface area (Å²) in [6, 6.07) is 1.88. The Kier molecular flexibility index (Phi) is 4.99. The van der Waals surface area contributed by atoms with Crippen molar-refractivity contribution in [2.45, 2.75) is 43.3 Å². The third-order valence-electron chi connectivity index (χ3n) is 3.91. The zero-order valence-corrected chi connectivity index (χ0v) is 12.8. The number of carbonyl (C=O) groups excluding carboxylic acids is 1. The summed E-state index contributed by atoms with van der Waals surface area (Å²) in [7, 11) is 1.40. The average molecular weight is 295 g/mol. The van der Waals surface area contributed by atoms with Crippen molar-refractivity contribution in [3.05, 3.63) is 18.0 Å². The van der Waals surface area contributed by atoms with Crippen LogP contribution in [0, 0.1) is 12.8 Å². The molecule has 2 atom stereocenters. The molecule has 0 radical (unpaired) electrons. The van der Waals surface area contributed by atoms with E-state index in [9.17, 15) is 4.79 Å². The summed E-state index contributed by atoms with van der Waals surface area (Å²) in [5, 5.41) is 0.781. The van der Waals surface area contributed by atoms with Gasteiger partial charge in [0, 0.05) is 17.6 Å². The smallest absolute Gasteiger partial charge is 0.326 e. The highest BCUT2D eigenvalue weighted by Gasteiger charge is 2.46. The van der Waals surface area contributed by atoms with Crippen molar-refractivity contribution in [1.82, 2.24) is 9.97 Å². The summed E-state index contributed by atoms with van der Waals surface area (Å²) in [6.07, 6.45) is 5.34. The lowest BCUT2D eigenvalue weighted by atomic mass is 9.86. The van der Waals surface area contributed by atoms with Crippen molar-refractivity contribution in [3.8, 4) is 0 Å². The Hall–Kier alpha value is -1.14. The minimum absolute atomic E-state index is 0.187. The molecule has 0 bridgehead atoms. The van der Waals surface area contributed by atoms with E-state index in [4.69, 9.17) is 10.5 Å². The van der Waals surface area contributed by atoms with Crippen LogP contribution in [0.4, 0.5) is 0 Å². The molecule has 6 heteroatoms. The number of carbonyl (C=O) groups is 1. The summed E-state index contributed by atoms with van der Waals surface area (Å²) < 4.78 is 4.85. The number of methoxy groups -OCH3 is 1. The number of hydrogen-bond acceptors (Lipinski definition) is 6. The second-order valence-corrected chi connectivity index (χ2v) is 6.30. The summed E-state index contributed by atoms with van der Waals surface area (Å²) in [4.78, 5) is 20.4. The zero-order valence-electron chi connectivity index (χ0n) is 12.0. The molecule has 1 heterocycles. The van der Waals surface area contributed by atoms with Gasteiger partial charge in [-0.05, 0) is 38.2 Å². The highest BCUT2D eigenvalue weighted by atomic mass is 32.2. The number of nitrogens with zero attached hydrogens (tertiary/aromatic N) is 2. The van der Waals surface area contributed by atoms with Crippen molar-refractivity contribution in [2.24, 2.45) is 11.7 Å². The maximum Gasteiger partial charge on any atom is 0.326 e. The van der Waals surface area contributed by atoms with Crippen LogP contribution in [-0.2, 0) is 9.53 Å². The maximum atomic E-state index is 11.8. The van der Waals surface area contributed by atoms with Gasteiger partial charge in [-0.1, -0.05) is 18.2 Å². The molecular weight excluding hydrogens is 274 g/mol. The van der Waals surface area contributed by atoms with Crippen LogP contribution in [0.1, 0.15) is 31.4 Å². The predicted octanol–water partition coefficient (Wildman–Crippen LogP) is 1.94. The number of nitrogens with two attached hydrogens (primary N) is 1. The van der Waals surface area contributed by atoms with Crippen LogP contribution in [0.25, 0.3) is 0 Å². The van der Waals surface area contributed by atoms with Gasteiger partial charge in [0.2, 0.25) is 0 Å². The van der Waals surface area contributed by atoms with Gasteiger partial charge in [-0.2, -0.15) is 0 Å². The van der Waals surface area contributed by atoms with Crippen molar-refractivity contribution in [2.75, 3.05) is 12.9 Å². The predicted molar refractivity (Wildman–Crippen MR) is 78.4 cm³/mol. The van der Waals surface area contributed by atoms with Gasteiger partial charge in [0.05, 0.1) is 7.11 Å². The van der Waals surface area contributed by atoms with Gasteiger partial charge in [0.15, 0.2) is 5.16 Å². The molecule has 0 amide bonds. The van der Waals surface area contributed by atoms with Gasteiger partial charge in [-0.3, -0.25) is 4.79 Å². The first-order chi connectivity index (χ1) is 9.56. The molecule has 0 saturated heterocycles. The number of thioether (sulfide) groups is 1. The van der Waals surface area contributed by atoms with Gasteiger partial charge in [0.1, 0.15) is 5.54 Å². The van der Waals surface area contributed by atoms with E-state index in [1.54, 1.807) is 18.0 Å². The Bertz CT molecular complexity index is 483. The monoisotopic (exact) mass is 295 g/mol. The minimum Gasteiger partial charge on any atom is -0.468 e. The van der Waals surface area contributed by atoms with Crippen LogP contribution >= 0.6 is 11.8 Å². The number of rotatable bonds is 5. The molecule has 2 rings (SSSR count). The third kappa shape index (κ3) is 3.30. The second-order valence-electron chi connectivity index (χ2n) is 5.24. The highest BCUT2D eigenvalue weighted by molar-refractivity contribution is 7.99. The quantitative estimate of drug-likeness (QED) is 0.508. The normalized spacial score (nSPS) is 25.6. The SMILES string of the molecule is COC(=O)C1(N)CCCC1CCSc1nccc(C)n1. The van der Waals surface area contributed by atoms with E-state index in [0.717, 1.165) is 42.3 Å². The Labute approximate surface area is 123 Å². The van der Waals surface area contributed by atoms with E-state index in [1.165, 1.54) is 7.11 Å². The summed E-state index contributed by atoms with van der Waals surface area (Å²) in [6.45, 7) is 1.95. The number of esters is 1. The molecular formula is C14H21N3O2S. The maximum absolute atomic E-state index is 11.8. The Morgan fingerprint density at radius 1 is 1.65 bits per heavy atom.